The average Bonchev–Trinajstić information content (AvgIpc) is 2.87. The molecule has 1 aliphatic rings. The zero-order chi connectivity index (χ0) is 13.5. The molecular weight excluding hydrogens is 238 g/mol. The van der Waals surface area contributed by atoms with Crippen LogP contribution in [0.15, 0.2) is 30.6 Å². The van der Waals surface area contributed by atoms with E-state index in [4.69, 9.17) is 11.1 Å². The van der Waals surface area contributed by atoms with Gasteiger partial charge in [-0.3, -0.25) is 9.81 Å². The van der Waals surface area contributed by atoms with Gasteiger partial charge in [-0.15, -0.1) is 0 Å². The van der Waals surface area contributed by atoms with Gasteiger partial charge in [-0.1, -0.05) is 13.0 Å². The lowest BCUT2D eigenvalue weighted by molar-refractivity contribution is 0.349. The minimum Gasteiger partial charge on any atom is -0.387 e. The van der Waals surface area contributed by atoms with Crippen LogP contribution in [0.3, 0.4) is 0 Å². The molecule has 0 aromatic carbocycles. The maximum atomic E-state index is 7.71. The van der Waals surface area contributed by atoms with Crippen LogP contribution in [0.25, 0.3) is 5.65 Å². The maximum Gasteiger partial charge on any atom is 0.138 e. The number of piperidine rings is 1. The van der Waals surface area contributed by atoms with Gasteiger partial charge >= 0.3 is 0 Å². The van der Waals surface area contributed by atoms with Crippen molar-refractivity contribution < 1.29 is 0 Å². The Morgan fingerprint density at radius 1 is 1.37 bits per heavy atom. The van der Waals surface area contributed by atoms with E-state index in [1.54, 1.807) is 0 Å². The molecule has 19 heavy (non-hydrogen) atoms. The van der Waals surface area contributed by atoms with Crippen LogP contribution in [-0.2, 0) is 0 Å². The van der Waals surface area contributed by atoms with Gasteiger partial charge in [0.1, 0.15) is 11.5 Å². The number of rotatable bonds is 2. The van der Waals surface area contributed by atoms with Crippen molar-refractivity contribution >= 4 is 17.3 Å². The number of hydrogen-bond donors (Lipinski definition) is 2. The van der Waals surface area contributed by atoms with E-state index in [9.17, 15) is 0 Å². The summed E-state index contributed by atoms with van der Waals surface area (Å²) in [5.41, 5.74) is 6.54. The van der Waals surface area contributed by atoms with Gasteiger partial charge in [-0.25, -0.2) is 4.98 Å². The van der Waals surface area contributed by atoms with Gasteiger partial charge in [-0.05, 0) is 25.0 Å². The highest BCUT2D eigenvalue weighted by Gasteiger charge is 2.33. The summed E-state index contributed by atoms with van der Waals surface area (Å²) in [6.45, 7) is 3.94. The Hall–Kier alpha value is -2.04. The Morgan fingerprint density at radius 3 is 2.79 bits per heavy atom. The predicted molar refractivity (Wildman–Crippen MR) is 76.7 cm³/mol. The van der Waals surface area contributed by atoms with Crippen LogP contribution in [0.5, 0.6) is 0 Å². The smallest absolute Gasteiger partial charge is 0.138 e. The lowest BCUT2D eigenvalue weighted by Crippen LogP contribution is -2.45. The highest BCUT2D eigenvalue weighted by atomic mass is 15.2. The molecule has 1 fully saturated rings. The highest BCUT2D eigenvalue weighted by molar-refractivity contribution is 5.83. The van der Waals surface area contributed by atoms with Crippen LogP contribution in [0.1, 0.15) is 19.8 Å². The fraction of sp³-hybridized carbons (Fsp3) is 0.429. The Labute approximate surface area is 112 Å². The van der Waals surface area contributed by atoms with Crippen LogP contribution >= 0.6 is 0 Å². The summed E-state index contributed by atoms with van der Waals surface area (Å²) in [6, 6.07) is 6.16. The van der Waals surface area contributed by atoms with Gasteiger partial charge in [0, 0.05) is 30.9 Å². The largest absolute Gasteiger partial charge is 0.387 e. The molecular formula is C14H19N5. The number of hydrogen-bond acceptors (Lipinski definition) is 3. The first-order valence-electron chi connectivity index (χ1n) is 6.62. The van der Waals surface area contributed by atoms with Crippen LogP contribution in [0.4, 0.5) is 5.82 Å². The molecule has 0 unspecified atom stereocenters. The third-order valence-electron chi connectivity index (χ3n) is 4.25. The van der Waals surface area contributed by atoms with Gasteiger partial charge in [0.15, 0.2) is 0 Å². The summed E-state index contributed by atoms with van der Waals surface area (Å²) >= 11 is 0. The van der Waals surface area contributed by atoms with Crippen molar-refractivity contribution in [1.29, 1.82) is 5.41 Å². The lowest BCUT2D eigenvalue weighted by atomic mass is 9.79. The summed E-state index contributed by atoms with van der Waals surface area (Å²) in [6.07, 6.45) is 5.66. The van der Waals surface area contributed by atoms with Crippen molar-refractivity contribution in [2.75, 3.05) is 18.0 Å². The number of pyridine rings is 1. The Kier molecular flexibility index (Phi) is 2.69. The zero-order valence-electron chi connectivity index (χ0n) is 11.1. The molecule has 0 amide bonds. The molecule has 0 radical (unpaired) electrons. The summed E-state index contributed by atoms with van der Waals surface area (Å²) in [4.78, 5) is 6.66. The summed E-state index contributed by atoms with van der Waals surface area (Å²) in [5, 5.41) is 7.71. The van der Waals surface area contributed by atoms with E-state index < -0.39 is 0 Å². The van der Waals surface area contributed by atoms with E-state index in [0.29, 0.717) is 5.84 Å². The van der Waals surface area contributed by atoms with E-state index in [1.165, 1.54) is 5.82 Å². The number of nitrogens with zero attached hydrogens (tertiary/aromatic N) is 3. The molecule has 0 aliphatic carbocycles. The van der Waals surface area contributed by atoms with E-state index in [1.807, 2.05) is 24.5 Å². The molecule has 1 saturated heterocycles. The van der Waals surface area contributed by atoms with E-state index in [-0.39, 0.29) is 5.41 Å². The van der Waals surface area contributed by atoms with Crippen molar-refractivity contribution in [3.8, 4) is 0 Å². The molecule has 2 aromatic rings. The Bertz CT molecular complexity index is 607. The first-order valence-corrected chi connectivity index (χ1v) is 6.62. The number of nitrogens with one attached hydrogen (secondary N) is 1. The molecule has 3 heterocycles. The minimum absolute atomic E-state index is 0.140. The number of nitrogens with two attached hydrogens (primary N) is 1. The van der Waals surface area contributed by atoms with Crippen molar-refractivity contribution in [3.05, 3.63) is 30.6 Å². The van der Waals surface area contributed by atoms with Crippen molar-refractivity contribution in [1.82, 2.24) is 9.38 Å². The summed E-state index contributed by atoms with van der Waals surface area (Å²) in [7, 11) is 0. The SMILES string of the molecule is CC1(C(=N)N)CCN(c2cccc3nccn23)CC1. The molecule has 5 heteroatoms. The van der Waals surface area contributed by atoms with Crippen LogP contribution in [0, 0.1) is 10.8 Å². The minimum atomic E-state index is -0.140. The van der Waals surface area contributed by atoms with Gasteiger partial charge in [0.2, 0.25) is 0 Å². The number of amidine groups is 1. The number of fused-ring (bicyclic) bond motifs is 1. The normalized spacial score (nSPS) is 18.7. The molecule has 0 saturated carbocycles. The Morgan fingerprint density at radius 2 is 2.11 bits per heavy atom. The quantitative estimate of drug-likeness (QED) is 0.637. The molecule has 0 bridgehead atoms. The monoisotopic (exact) mass is 257 g/mol. The fourth-order valence-corrected chi connectivity index (χ4v) is 2.69. The van der Waals surface area contributed by atoms with E-state index in [0.717, 1.165) is 31.6 Å². The maximum absolute atomic E-state index is 7.71. The number of aromatic nitrogens is 2. The molecule has 3 rings (SSSR count). The Balaban J connectivity index is 1.86. The summed E-state index contributed by atoms with van der Waals surface area (Å²) in [5.74, 6) is 1.48. The van der Waals surface area contributed by atoms with Crippen LogP contribution in [-0.4, -0.2) is 28.3 Å². The third kappa shape index (κ3) is 1.95. The van der Waals surface area contributed by atoms with Crippen molar-refractivity contribution in [3.63, 3.8) is 0 Å². The first kappa shape index (κ1) is 12.0. The third-order valence-corrected chi connectivity index (χ3v) is 4.25. The van der Waals surface area contributed by atoms with Gasteiger partial charge < -0.3 is 10.6 Å². The van der Waals surface area contributed by atoms with Gasteiger partial charge in [0.05, 0.1) is 5.84 Å². The topological polar surface area (TPSA) is 70.4 Å². The highest BCUT2D eigenvalue weighted by Crippen LogP contribution is 2.32. The fourth-order valence-electron chi connectivity index (χ4n) is 2.69. The average molecular weight is 257 g/mol. The number of anilines is 1. The van der Waals surface area contributed by atoms with E-state index >= 15 is 0 Å². The summed E-state index contributed by atoms with van der Waals surface area (Å²) < 4.78 is 2.11. The lowest BCUT2D eigenvalue weighted by Gasteiger charge is -2.39. The predicted octanol–water partition coefficient (Wildman–Crippen LogP) is 1.88. The van der Waals surface area contributed by atoms with Crippen molar-refractivity contribution in [2.45, 2.75) is 19.8 Å². The molecule has 0 spiro atoms. The van der Waals surface area contributed by atoms with Crippen molar-refractivity contribution in [2.24, 2.45) is 11.1 Å². The molecule has 100 valence electrons. The van der Waals surface area contributed by atoms with E-state index in [2.05, 4.69) is 27.3 Å². The molecule has 1 aliphatic heterocycles. The zero-order valence-corrected chi connectivity index (χ0v) is 11.1. The second-order valence-electron chi connectivity index (χ2n) is 5.50. The van der Waals surface area contributed by atoms with Gasteiger partial charge in [0.25, 0.3) is 0 Å². The first-order chi connectivity index (χ1) is 9.10. The molecule has 2 aromatic heterocycles. The molecule has 3 N–H and O–H groups in total. The second kappa shape index (κ2) is 4.26. The number of imidazole rings is 1. The van der Waals surface area contributed by atoms with Gasteiger partial charge in [-0.2, -0.15) is 0 Å². The molecule has 5 nitrogen and oxygen atoms in total. The second-order valence-corrected chi connectivity index (χ2v) is 5.50. The standard InChI is InChI=1S/C14H19N5/c1-14(13(15)16)5-8-18(9-6-14)12-4-2-3-11-17-7-10-19(11)12/h2-4,7,10H,5-6,8-9H2,1H3,(H3,15,16). The van der Waals surface area contributed by atoms with Crippen LogP contribution in [0.2, 0.25) is 0 Å². The molecule has 0 atom stereocenters. The van der Waals surface area contributed by atoms with Crippen LogP contribution < -0.4 is 10.6 Å².